The molecule has 0 aliphatic rings. The van der Waals surface area contributed by atoms with Gasteiger partial charge in [0.25, 0.3) is 0 Å². The Morgan fingerprint density at radius 2 is 1.71 bits per heavy atom. The van der Waals surface area contributed by atoms with Crippen molar-refractivity contribution in [3.63, 3.8) is 0 Å². The highest BCUT2D eigenvalue weighted by atomic mass is 16.5. The van der Waals surface area contributed by atoms with Crippen LogP contribution >= 0.6 is 0 Å². The highest BCUT2D eigenvalue weighted by Gasteiger charge is 2.09. The Kier molecular flexibility index (Phi) is 1.56. The molecule has 2 heteroatoms. The maximum absolute atomic E-state index is 8.93. The summed E-state index contributed by atoms with van der Waals surface area (Å²) < 4.78 is -0.139. The predicted molar refractivity (Wildman–Crippen MR) is 28.7 cm³/mol. The Bertz CT molecular complexity index is 80.6. The van der Waals surface area contributed by atoms with Crippen molar-refractivity contribution in [2.45, 2.75) is 6.92 Å². The normalized spacial score (nSPS) is 11.4. The molecule has 0 atom stereocenters. The Morgan fingerprint density at radius 3 is 1.71 bits per heavy atom. The van der Waals surface area contributed by atoms with E-state index in [4.69, 9.17) is 5.21 Å². The molecule has 0 saturated carbocycles. The first-order valence-corrected chi connectivity index (χ1v) is 2.17. The van der Waals surface area contributed by atoms with Crippen LogP contribution in [0.5, 0.6) is 0 Å². The molecule has 0 fully saturated rings. The van der Waals surface area contributed by atoms with Gasteiger partial charge in [0.15, 0.2) is 0 Å². The second-order valence-electron chi connectivity index (χ2n) is 2.13. The van der Waals surface area contributed by atoms with Gasteiger partial charge in [-0.3, -0.25) is 0 Å². The summed E-state index contributed by atoms with van der Waals surface area (Å²) in [7, 11) is 3.31. The van der Waals surface area contributed by atoms with E-state index in [2.05, 4.69) is 6.58 Å². The summed E-state index contributed by atoms with van der Waals surface area (Å²) in [6.07, 6.45) is 0. The summed E-state index contributed by atoms with van der Waals surface area (Å²) in [6.45, 7) is 5.33. The van der Waals surface area contributed by atoms with E-state index in [1.54, 1.807) is 21.0 Å². The number of hydrogen-bond acceptors (Lipinski definition) is 1. The van der Waals surface area contributed by atoms with Crippen LogP contribution < -0.4 is 0 Å². The molecule has 0 aromatic carbocycles. The molecule has 0 heterocycles. The molecule has 0 aromatic rings. The van der Waals surface area contributed by atoms with Gasteiger partial charge in [0.1, 0.15) is 19.8 Å². The van der Waals surface area contributed by atoms with Gasteiger partial charge in [0.05, 0.1) is 0 Å². The topological polar surface area (TPSA) is 20.2 Å². The Hall–Kier alpha value is -0.340. The van der Waals surface area contributed by atoms with Gasteiger partial charge in [-0.1, -0.05) is 0 Å². The maximum Gasteiger partial charge on any atom is 0.130 e. The number of rotatable bonds is 1. The first-order chi connectivity index (χ1) is 2.94. The van der Waals surface area contributed by atoms with E-state index >= 15 is 0 Å². The van der Waals surface area contributed by atoms with Crippen molar-refractivity contribution in [1.29, 1.82) is 0 Å². The first-order valence-electron chi connectivity index (χ1n) is 2.17. The summed E-state index contributed by atoms with van der Waals surface area (Å²) in [6, 6.07) is 0. The van der Waals surface area contributed by atoms with Gasteiger partial charge in [-0.15, -0.1) is 0 Å². The van der Waals surface area contributed by atoms with Crippen LogP contribution in [0.4, 0.5) is 0 Å². The molecule has 0 saturated heterocycles. The van der Waals surface area contributed by atoms with Crippen molar-refractivity contribution >= 4 is 0 Å². The van der Waals surface area contributed by atoms with Crippen molar-refractivity contribution in [3.8, 4) is 0 Å². The van der Waals surface area contributed by atoms with E-state index < -0.39 is 0 Å². The van der Waals surface area contributed by atoms with Gasteiger partial charge in [0.2, 0.25) is 0 Å². The molecule has 0 rings (SSSR count). The SMILES string of the molecule is C=C(C)[N+](C)(C)O. The van der Waals surface area contributed by atoms with E-state index in [0.29, 0.717) is 0 Å². The summed E-state index contributed by atoms with van der Waals surface area (Å²) in [5.41, 5.74) is 0.736. The average Bonchev–Trinajstić information content (AvgIpc) is 1.31. The van der Waals surface area contributed by atoms with E-state index in [1.165, 1.54) is 0 Å². The van der Waals surface area contributed by atoms with E-state index in [9.17, 15) is 0 Å². The van der Waals surface area contributed by atoms with Crippen molar-refractivity contribution in [3.05, 3.63) is 12.3 Å². The Morgan fingerprint density at radius 1 is 1.57 bits per heavy atom. The molecule has 0 amide bonds. The molecule has 0 aromatic heterocycles. The minimum atomic E-state index is -0.139. The lowest BCUT2D eigenvalue weighted by molar-refractivity contribution is -1.04. The highest BCUT2D eigenvalue weighted by Crippen LogP contribution is 1.99. The number of hydrogen-bond donors (Lipinski definition) is 1. The second kappa shape index (κ2) is 1.64. The lowest BCUT2D eigenvalue weighted by Gasteiger charge is -2.17. The Balaban J connectivity index is 3.79. The second-order valence-corrected chi connectivity index (χ2v) is 2.13. The molecule has 42 valence electrons. The summed E-state index contributed by atoms with van der Waals surface area (Å²) in [5, 5.41) is 8.93. The smallest absolute Gasteiger partial charge is 0.130 e. The molecule has 0 aliphatic carbocycles. The third kappa shape index (κ3) is 2.37. The van der Waals surface area contributed by atoms with Crippen molar-refractivity contribution < 1.29 is 9.85 Å². The fourth-order valence-electron chi connectivity index (χ4n) is 0. The van der Waals surface area contributed by atoms with Gasteiger partial charge in [-0.05, 0) is 6.58 Å². The number of quaternary nitrogens is 1. The molecule has 0 spiro atoms. The third-order valence-corrected chi connectivity index (χ3v) is 0.934. The van der Waals surface area contributed by atoms with Gasteiger partial charge in [-0.2, -0.15) is 4.65 Å². The number of hydroxylamine groups is 3. The fourth-order valence-corrected chi connectivity index (χ4v) is 0. The average molecular weight is 102 g/mol. The minimum Gasteiger partial charge on any atom is -0.212 e. The van der Waals surface area contributed by atoms with Crippen LogP contribution in [0.1, 0.15) is 6.92 Å². The fraction of sp³-hybridized carbons (Fsp3) is 0.600. The zero-order valence-electron chi connectivity index (χ0n) is 5.10. The molecule has 2 nitrogen and oxygen atoms in total. The van der Waals surface area contributed by atoms with Crippen LogP contribution in [0.25, 0.3) is 0 Å². The summed E-state index contributed by atoms with van der Waals surface area (Å²) in [4.78, 5) is 0. The Labute approximate surface area is 44.2 Å². The summed E-state index contributed by atoms with van der Waals surface area (Å²) in [5.74, 6) is 0. The van der Waals surface area contributed by atoms with Crippen molar-refractivity contribution in [1.82, 2.24) is 0 Å². The lowest BCUT2D eigenvalue weighted by Crippen LogP contribution is -2.32. The molecule has 0 bridgehead atoms. The molecule has 0 aliphatic heterocycles. The van der Waals surface area contributed by atoms with Crippen LogP contribution in [-0.2, 0) is 0 Å². The highest BCUT2D eigenvalue weighted by molar-refractivity contribution is 4.71. The van der Waals surface area contributed by atoms with Crippen LogP contribution in [0.3, 0.4) is 0 Å². The van der Waals surface area contributed by atoms with Crippen LogP contribution in [-0.4, -0.2) is 23.9 Å². The third-order valence-electron chi connectivity index (χ3n) is 0.934. The quantitative estimate of drug-likeness (QED) is 0.386. The van der Waals surface area contributed by atoms with Crippen molar-refractivity contribution in [2.24, 2.45) is 0 Å². The zero-order valence-corrected chi connectivity index (χ0v) is 5.10. The largest absolute Gasteiger partial charge is 0.212 e. The van der Waals surface area contributed by atoms with Crippen LogP contribution in [0, 0.1) is 0 Å². The molecular formula is C5H12NO+. The van der Waals surface area contributed by atoms with Crippen LogP contribution in [0.15, 0.2) is 12.3 Å². The van der Waals surface area contributed by atoms with E-state index in [-0.39, 0.29) is 4.65 Å². The lowest BCUT2D eigenvalue weighted by atomic mass is 10.5. The number of nitrogens with zero attached hydrogens (tertiary/aromatic N) is 1. The first kappa shape index (κ1) is 6.66. The van der Waals surface area contributed by atoms with Crippen LogP contribution in [0.2, 0.25) is 0 Å². The minimum absolute atomic E-state index is 0.139. The number of allylic oxidation sites excluding steroid dienone is 1. The van der Waals surface area contributed by atoms with E-state index in [1.807, 2.05) is 0 Å². The van der Waals surface area contributed by atoms with E-state index in [0.717, 1.165) is 5.70 Å². The molecule has 0 unspecified atom stereocenters. The van der Waals surface area contributed by atoms with Gasteiger partial charge in [0, 0.05) is 6.92 Å². The molecule has 0 radical (unpaired) electrons. The maximum atomic E-state index is 8.93. The zero-order chi connectivity index (χ0) is 6.08. The van der Waals surface area contributed by atoms with Gasteiger partial charge >= 0.3 is 0 Å². The summed E-state index contributed by atoms with van der Waals surface area (Å²) >= 11 is 0. The van der Waals surface area contributed by atoms with Crippen molar-refractivity contribution in [2.75, 3.05) is 14.1 Å². The van der Waals surface area contributed by atoms with Gasteiger partial charge < -0.3 is 0 Å². The molecular weight excluding hydrogens is 90.1 g/mol. The monoisotopic (exact) mass is 102 g/mol. The van der Waals surface area contributed by atoms with Gasteiger partial charge in [-0.25, -0.2) is 5.21 Å². The molecule has 1 N–H and O–H groups in total. The molecule has 7 heavy (non-hydrogen) atoms. The standard InChI is InChI=1S/C5H12NO/c1-5(2)6(3,4)7/h7H,1H2,2-4H3/q+1. The predicted octanol–water partition coefficient (Wildman–Crippen LogP) is 0.986.